The summed E-state index contributed by atoms with van der Waals surface area (Å²) in [6.45, 7) is 6.32. The molecule has 0 aliphatic rings. The Morgan fingerprint density at radius 2 is 2.28 bits per heavy atom. The molecular weight excluding hydrogens is 232 g/mol. The van der Waals surface area contributed by atoms with E-state index in [0.717, 1.165) is 0 Å². The summed E-state index contributed by atoms with van der Waals surface area (Å²) in [5.41, 5.74) is -0.160. The highest BCUT2D eigenvalue weighted by Crippen LogP contribution is 2.17. The second-order valence-corrected chi connectivity index (χ2v) is 5.02. The smallest absolute Gasteiger partial charge is 0.291 e. The van der Waals surface area contributed by atoms with Crippen LogP contribution in [0.25, 0.3) is 0 Å². The lowest BCUT2D eigenvalue weighted by molar-refractivity contribution is 0.0938. The Labute approximate surface area is 105 Å². The van der Waals surface area contributed by atoms with Crippen molar-refractivity contribution in [1.82, 2.24) is 20.5 Å². The fourth-order valence-corrected chi connectivity index (χ4v) is 1.36. The first kappa shape index (κ1) is 12.3. The van der Waals surface area contributed by atoms with Crippen molar-refractivity contribution in [2.24, 2.45) is 0 Å². The monoisotopic (exact) mass is 248 g/mol. The van der Waals surface area contributed by atoms with Crippen molar-refractivity contribution in [2.75, 3.05) is 0 Å². The molecule has 0 saturated carbocycles. The number of carbonyl (C=O) groups excluding carboxylic acids is 1. The van der Waals surface area contributed by atoms with Gasteiger partial charge in [-0.15, -0.1) is 5.10 Å². The lowest BCUT2D eigenvalue weighted by atomic mass is 9.96. The third kappa shape index (κ3) is 2.77. The molecule has 6 nitrogen and oxygen atoms in total. The Bertz CT molecular complexity index is 523. The van der Waals surface area contributed by atoms with Crippen LogP contribution in [0.4, 0.5) is 0 Å². The third-order valence-corrected chi connectivity index (χ3v) is 2.40. The van der Waals surface area contributed by atoms with Crippen LogP contribution in [0.15, 0.2) is 22.8 Å². The van der Waals surface area contributed by atoms with Crippen LogP contribution in [0.1, 0.15) is 43.0 Å². The van der Waals surface area contributed by atoms with Crippen molar-refractivity contribution in [3.63, 3.8) is 0 Å². The molecule has 0 radical (unpaired) electrons. The van der Waals surface area contributed by atoms with Gasteiger partial charge in [-0.25, -0.2) is 4.98 Å². The fourth-order valence-electron chi connectivity index (χ4n) is 1.36. The molecule has 2 heterocycles. The average Bonchev–Trinajstić information content (AvgIpc) is 2.96. The number of H-pyrrole nitrogens is 1. The standard InChI is InChI=1S/C12H16N4O2/c1-12(2,3)11-14-9(15-16-11)10(17)13-7-8-5-4-6-18-8/h4-6H,7H2,1-3H3,(H,13,17)(H,14,15,16). The molecule has 1 amide bonds. The van der Waals surface area contributed by atoms with Gasteiger partial charge in [-0.1, -0.05) is 20.8 Å². The Hall–Kier alpha value is -2.11. The van der Waals surface area contributed by atoms with Gasteiger partial charge in [-0.3, -0.25) is 9.89 Å². The molecule has 2 rings (SSSR count). The second kappa shape index (κ2) is 4.64. The summed E-state index contributed by atoms with van der Waals surface area (Å²) in [5, 5.41) is 9.37. The van der Waals surface area contributed by atoms with Crippen molar-refractivity contribution in [3.05, 3.63) is 35.8 Å². The molecule has 0 bridgehead atoms. The molecule has 0 unspecified atom stereocenters. The molecule has 0 saturated heterocycles. The first-order chi connectivity index (χ1) is 8.47. The van der Waals surface area contributed by atoms with E-state index in [0.29, 0.717) is 18.1 Å². The predicted molar refractivity (Wildman–Crippen MR) is 65.0 cm³/mol. The van der Waals surface area contributed by atoms with Gasteiger partial charge >= 0.3 is 0 Å². The maximum Gasteiger partial charge on any atom is 0.291 e. The minimum absolute atomic E-state index is 0.145. The summed E-state index contributed by atoms with van der Waals surface area (Å²) in [6, 6.07) is 3.56. The van der Waals surface area contributed by atoms with Crippen LogP contribution >= 0.6 is 0 Å². The maximum absolute atomic E-state index is 11.8. The number of nitrogens with zero attached hydrogens (tertiary/aromatic N) is 2. The van der Waals surface area contributed by atoms with Gasteiger partial charge < -0.3 is 9.73 Å². The van der Waals surface area contributed by atoms with Gasteiger partial charge in [-0.2, -0.15) is 0 Å². The number of aromatic nitrogens is 3. The second-order valence-electron chi connectivity index (χ2n) is 5.02. The summed E-state index contributed by atoms with van der Waals surface area (Å²) in [4.78, 5) is 16.0. The first-order valence-electron chi connectivity index (χ1n) is 5.70. The van der Waals surface area contributed by atoms with Gasteiger partial charge in [0.1, 0.15) is 11.6 Å². The molecule has 0 fully saturated rings. The van der Waals surface area contributed by atoms with E-state index in [4.69, 9.17) is 4.42 Å². The van der Waals surface area contributed by atoms with Crippen LogP contribution in [0.3, 0.4) is 0 Å². The zero-order valence-corrected chi connectivity index (χ0v) is 10.7. The van der Waals surface area contributed by atoms with Crippen LogP contribution in [-0.4, -0.2) is 21.1 Å². The molecule has 0 atom stereocenters. The van der Waals surface area contributed by atoms with Crippen LogP contribution in [0, 0.1) is 0 Å². The summed E-state index contributed by atoms with van der Waals surface area (Å²) in [7, 11) is 0. The van der Waals surface area contributed by atoms with Crippen molar-refractivity contribution < 1.29 is 9.21 Å². The molecule has 2 aromatic rings. The Morgan fingerprint density at radius 3 is 2.83 bits per heavy atom. The SMILES string of the molecule is CC(C)(C)c1nc(C(=O)NCc2ccco2)n[nH]1. The molecule has 18 heavy (non-hydrogen) atoms. The number of rotatable bonds is 3. The zero-order chi connectivity index (χ0) is 13.2. The Morgan fingerprint density at radius 1 is 1.50 bits per heavy atom. The van der Waals surface area contributed by atoms with Crippen LogP contribution < -0.4 is 5.32 Å². The Balaban J connectivity index is 1.99. The van der Waals surface area contributed by atoms with E-state index in [2.05, 4.69) is 20.5 Å². The number of hydrogen-bond donors (Lipinski definition) is 2. The topological polar surface area (TPSA) is 83.8 Å². The van der Waals surface area contributed by atoms with Gasteiger partial charge in [0.25, 0.3) is 5.91 Å². The molecule has 2 N–H and O–H groups in total. The Kier molecular flexibility index (Phi) is 3.18. The maximum atomic E-state index is 11.8. The highest BCUT2D eigenvalue weighted by molar-refractivity contribution is 5.90. The van der Waals surface area contributed by atoms with Gasteiger partial charge in [-0.05, 0) is 12.1 Å². The first-order valence-corrected chi connectivity index (χ1v) is 5.70. The highest BCUT2D eigenvalue weighted by atomic mass is 16.3. The lowest BCUT2D eigenvalue weighted by Crippen LogP contribution is -2.24. The molecule has 2 aromatic heterocycles. The molecule has 6 heteroatoms. The number of carbonyl (C=O) groups is 1. The highest BCUT2D eigenvalue weighted by Gasteiger charge is 2.21. The number of amides is 1. The normalized spacial score (nSPS) is 11.5. The summed E-state index contributed by atoms with van der Waals surface area (Å²) in [5.74, 6) is 1.20. The number of nitrogens with one attached hydrogen (secondary N) is 2. The molecule has 96 valence electrons. The van der Waals surface area contributed by atoms with E-state index < -0.39 is 0 Å². The van der Waals surface area contributed by atoms with E-state index >= 15 is 0 Å². The van der Waals surface area contributed by atoms with E-state index in [1.807, 2.05) is 20.8 Å². The van der Waals surface area contributed by atoms with Crippen LogP contribution in [-0.2, 0) is 12.0 Å². The van der Waals surface area contributed by atoms with Gasteiger partial charge in [0.2, 0.25) is 5.82 Å². The van der Waals surface area contributed by atoms with Crippen molar-refractivity contribution in [1.29, 1.82) is 0 Å². The van der Waals surface area contributed by atoms with Crippen molar-refractivity contribution >= 4 is 5.91 Å². The largest absolute Gasteiger partial charge is 0.467 e. The van der Waals surface area contributed by atoms with Gasteiger partial charge in [0, 0.05) is 5.41 Å². The quantitative estimate of drug-likeness (QED) is 0.864. The minimum Gasteiger partial charge on any atom is -0.467 e. The van der Waals surface area contributed by atoms with E-state index in [1.165, 1.54) is 0 Å². The number of aromatic amines is 1. The number of furan rings is 1. The van der Waals surface area contributed by atoms with E-state index in [-0.39, 0.29) is 17.1 Å². The average molecular weight is 248 g/mol. The summed E-state index contributed by atoms with van der Waals surface area (Å²) in [6.07, 6.45) is 1.56. The van der Waals surface area contributed by atoms with E-state index in [1.54, 1.807) is 18.4 Å². The molecule has 0 aliphatic carbocycles. The third-order valence-electron chi connectivity index (χ3n) is 2.40. The minimum atomic E-state index is -0.321. The van der Waals surface area contributed by atoms with E-state index in [9.17, 15) is 4.79 Å². The van der Waals surface area contributed by atoms with Crippen LogP contribution in [0.5, 0.6) is 0 Å². The molecule has 0 aliphatic heterocycles. The van der Waals surface area contributed by atoms with Crippen molar-refractivity contribution in [3.8, 4) is 0 Å². The number of hydrogen-bond acceptors (Lipinski definition) is 4. The van der Waals surface area contributed by atoms with Gasteiger partial charge in [0.05, 0.1) is 12.8 Å². The summed E-state index contributed by atoms with van der Waals surface area (Å²) < 4.78 is 5.12. The van der Waals surface area contributed by atoms with Crippen LogP contribution in [0.2, 0.25) is 0 Å². The lowest BCUT2D eigenvalue weighted by Gasteiger charge is -2.12. The molecule has 0 spiro atoms. The summed E-state index contributed by atoms with van der Waals surface area (Å²) >= 11 is 0. The predicted octanol–water partition coefficient (Wildman–Crippen LogP) is 1.63. The fraction of sp³-hybridized carbons (Fsp3) is 0.417. The molecule has 0 aromatic carbocycles. The zero-order valence-electron chi connectivity index (χ0n) is 10.7. The van der Waals surface area contributed by atoms with Gasteiger partial charge in [0.15, 0.2) is 0 Å². The molecular formula is C12H16N4O2. The van der Waals surface area contributed by atoms with Crippen molar-refractivity contribution in [2.45, 2.75) is 32.7 Å².